The maximum atomic E-state index is 14.9. The number of amides is 1. The molecule has 0 saturated carbocycles. The van der Waals surface area contributed by atoms with E-state index in [0.29, 0.717) is 30.5 Å². The second-order valence-electron chi connectivity index (χ2n) is 7.49. The lowest BCUT2D eigenvalue weighted by Crippen LogP contribution is -2.40. The quantitative estimate of drug-likeness (QED) is 0.709. The molecule has 1 amide bonds. The Morgan fingerprint density at radius 1 is 1.33 bits per heavy atom. The number of halogens is 1. The Morgan fingerprint density at radius 2 is 2.15 bits per heavy atom. The van der Waals surface area contributed by atoms with Crippen molar-refractivity contribution < 1.29 is 9.18 Å². The number of hydrogen-bond donors (Lipinski definition) is 0. The van der Waals surface area contributed by atoms with Gasteiger partial charge >= 0.3 is 0 Å². The minimum atomic E-state index is -0.584. The van der Waals surface area contributed by atoms with Crippen molar-refractivity contribution in [3.8, 4) is 0 Å². The predicted molar refractivity (Wildman–Crippen MR) is 100 cm³/mol. The van der Waals surface area contributed by atoms with Crippen molar-refractivity contribution in [1.82, 2.24) is 23.8 Å². The Morgan fingerprint density at radius 3 is 2.89 bits per heavy atom. The number of aromatic nitrogens is 4. The molecule has 3 aromatic heterocycles. The highest BCUT2D eigenvalue weighted by Gasteiger charge is 2.31. The van der Waals surface area contributed by atoms with Gasteiger partial charge in [-0.25, -0.2) is 9.97 Å². The lowest BCUT2D eigenvalue weighted by Gasteiger charge is -2.32. The summed E-state index contributed by atoms with van der Waals surface area (Å²) in [7, 11) is 0. The van der Waals surface area contributed by atoms with E-state index in [2.05, 4.69) is 28.4 Å². The van der Waals surface area contributed by atoms with Crippen LogP contribution in [0, 0.1) is 12.9 Å². The smallest absolute Gasteiger partial charge is 0.277 e. The lowest BCUT2D eigenvalue weighted by atomic mass is 9.96. The molecule has 0 aliphatic carbocycles. The Balaban J connectivity index is 1.62. The molecule has 0 unspecified atom stereocenters. The first kappa shape index (κ1) is 17.7. The van der Waals surface area contributed by atoms with Crippen LogP contribution < -0.4 is 0 Å². The molecule has 3 aromatic rings. The van der Waals surface area contributed by atoms with Crippen LogP contribution >= 0.6 is 0 Å². The van der Waals surface area contributed by atoms with Gasteiger partial charge in [-0.3, -0.25) is 9.20 Å². The van der Waals surface area contributed by atoms with Crippen molar-refractivity contribution in [3.05, 3.63) is 53.8 Å². The summed E-state index contributed by atoms with van der Waals surface area (Å²) in [6.07, 6.45) is 5.63. The highest BCUT2D eigenvalue weighted by atomic mass is 19.1. The van der Waals surface area contributed by atoms with Crippen LogP contribution in [0.25, 0.3) is 5.65 Å². The first-order valence-corrected chi connectivity index (χ1v) is 9.43. The maximum Gasteiger partial charge on any atom is 0.277 e. The van der Waals surface area contributed by atoms with Crippen LogP contribution in [0.3, 0.4) is 0 Å². The monoisotopic (exact) mass is 369 g/mol. The Bertz CT molecular complexity index is 990. The molecular weight excluding hydrogens is 345 g/mol. The van der Waals surface area contributed by atoms with E-state index < -0.39 is 5.95 Å². The van der Waals surface area contributed by atoms with E-state index >= 15 is 0 Å². The van der Waals surface area contributed by atoms with Crippen LogP contribution in [-0.4, -0.2) is 42.8 Å². The molecule has 1 saturated heterocycles. The van der Waals surface area contributed by atoms with E-state index in [0.717, 1.165) is 18.7 Å². The zero-order chi connectivity index (χ0) is 19.1. The van der Waals surface area contributed by atoms with Gasteiger partial charge in [-0.1, -0.05) is 6.07 Å². The molecule has 27 heavy (non-hydrogen) atoms. The summed E-state index contributed by atoms with van der Waals surface area (Å²) < 4.78 is 18.4. The summed E-state index contributed by atoms with van der Waals surface area (Å²) in [6, 6.07) is 5.64. The van der Waals surface area contributed by atoms with E-state index in [1.54, 1.807) is 30.2 Å². The van der Waals surface area contributed by atoms with Crippen molar-refractivity contribution >= 4 is 11.6 Å². The van der Waals surface area contributed by atoms with Gasteiger partial charge in [0.15, 0.2) is 5.69 Å². The topological polar surface area (TPSA) is 55.4 Å². The van der Waals surface area contributed by atoms with Crippen molar-refractivity contribution in [2.24, 2.45) is 0 Å². The van der Waals surface area contributed by atoms with Gasteiger partial charge in [-0.2, -0.15) is 4.39 Å². The van der Waals surface area contributed by atoms with Crippen LogP contribution in [0.1, 0.15) is 60.7 Å². The Hall–Kier alpha value is -2.70. The average molecular weight is 369 g/mol. The van der Waals surface area contributed by atoms with Gasteiger partial charge in [0.1, 0.15) is 11.5 Å². The second-order valence-corrected chi connectivity index (χ2v) is 7.49. The van der Waals surface area contributed by atoms with Crippen molar-refractivity contribution in [1.29, 1.82) is 0 Å². The third-order valence-electron chi connectivity index (χ3n) is 5.31. The fraction of sp³-hybridized carbons (Fsp3) is 0.450. The summed E-state index contributed by atoms with van der Waals surface area (Å²) in [4.78, 5) is 23.5. The van der Waals surface area contributed by atoms with Crippen LogP contribution in [-0.2, 0) is 0 Å². The first-order chi connectivity index (χ1) is 13.0. The van der Waals surface area contributed by atoms with Gasteiger partial charge in [0, 0.05) is 43.1 Å². The average Bonchev–Trinajstić information content (AvgIpc) is 3.27. The number of carbonyl (C=O) groups excluding carboxylic acids is 1. The van der Waals surface area contributed by atoms with E-state index in [1.807, 2.05) is 12.3 Å². The lowest BCUT2D eigenvalue weighted by molar-refractivity contribution is 0.0692. The van der Waals surface area contributed by atoms with Gasteiger partial charge in [-0.15, -0.1) is 0 Å². The van der Waals surface area contributed by atoms with E-state index in [9.17, 15) is 9.18 Å². The molecule has 1 fully saturated rings. The number of carbonyl (C=O) groups is 1. The fourth-order valence-corrected chi connectivity index (χ4v) is 3.95. The molecule has 142 valence electrons. The number of nitrogens with zero attached hydrogens (tertiary/aromatic N) is 5. The minimum absolute atomic E-state index is 0.0999. The highest BCUT2D eigenvalue weighted by molar-refractivity contribution is 5.93. The summed E-state index contributed by atoms with van der Waals surface area (Å²) in [5, 5.41) is 0. The largest absolute Gasteiger partial charge is 0.336 e. The molecular formula is C20H24FN5O. The molecule has 0 radical (unpaired) electrons. The molecule has 7 heteroatoms. The van der Waals surface area contributed by atoms with Crippen molar-refractivity contribution in [2.75, 3.05) is 13.1 Å². The van der Waals surface area contributed by atoms with Crippen LogP contribution in [0.2, 0.25) is 0 Å². The number of hydrogen-bond acceptors (Lipinski definition) is 3. The number of piperidine rings is 1. The molecule has 1 atom stereocenters. The Kier molecular flexibility index (Phi) is 4.45. The van der Waals surface area contributed by atoms with Crippen LogP contribution in [0.5, 0.6) is 0 Å². The third kappa shape index (κ3) is 3.01. The van der Waals surface area contributed by atoms with Crippen LogP contribution in [0.15, 0.2) is 30.6 Å². The molecule has 4 heterocycles. The summed E-state index contributed by atoms with van der Waals surface area (Å²) in [6.45, 7) is 7.18. The number of fused-ring (bicyclic) bond motifs is 1. The second kappa shape index (κ2) is 6.79. The molecule has 1 aliphatic heterocycles. The van der Waals surface area contributed by atoms with Crippen LogP contribution in [0.4, 0.5) is 4.39 Å². The number of pyridine rings is 1. The van der Waals surface area contributed by atoms with Gasteiger partial charge in [-0.05, 0) is 45.7 Å². The summed E-state index contributed by atoms with van der Waals surface area (Å²) >= 11 is 0. The van der Waals surface area contributed by atoms with Gasteiger partial charge in [0.05, 0.1) is 0 Å². The molecule has 4 rings (SSSR count). The SMILES string of the molecule is Cc1cccc2nc(C(=O)N3CCC[C@@H](c4nccn4C(C)C)C3)c(F)n12. The summed E-state index contributed by atoms with van der Waals surface area (Å²) in [5.41, 5.74) is 1.07. The van der Waals surface area contributed by atoms with Crippen molar-refractivity contribution in [2.45, 2.75) is 45.6 Å². The van der Waals surface area contributed by atoms with Gasteiger partial charge in [0.25, 0.3) is 5.91 Å². The number of likely N-dealkylation sites (tertiary alicyclic amines) is 1. The van der Waals surface area contributed by atoms with Gasteiger partial charge < -0.3 is 9.47 Å². The Labute approximate surface area is 157 Å². The fourth-order valence-electron chi connectivity index (χ4n) is 3.95. The number of aryl methyl sites for hydroxylation is 1. The first-order valence-electron chi connectivity index (χ1n) is 9.43. The van der Waals surface area contributed by atoms with E-state index in [-0.39, 0.29) is 17.5 Å². The van der Waals surface area contributed by atoms with E-state index in [4.69, 9.17) is 0 Å². The molecule has 0 bridgehead atoms. The molecule has 6 nitrogen and oxygen atoms in total. The zero-order valence-corrected chi connectivity index (χ0v) is 15.9. The summed E-state index contributed by atoms with van der Waals surface area (Å²) in [5.74, 6) is 0.220. The molecule has 0 aromatic carbocycles. The van der Waals surface area contributed by atoms with Gasteiger partial charge in [0.2, 0.25) is 5.95 Å². The molecule has 0 spiro atoms. The molecule has 0 N–H and O–H groups in total. The van der Waals surface area contributed by atoms with E-state index in [1.165, 1.54) is 4.40 Å². The molecule has 1 aliphatic rings. The number of imidazole rings is 2. The normalized spacial score (nSPS) is 17.8. The third-order valence-corrected chi connectivity index (χ3v) is 5.31. The predicted octanol–water partition coefficient (Wildman–Crippen LogP) is 3.58. The maximum absolute atomic E-state index is 14.9. The minimum Gasteiger partial charge on any atom is -0.336 e. The number of rotatable bonds is 3. The van der Waals surface area contributed by atoms with Crippen molar-refractivity contribution in [3.63, 3.8) is 0 Å². The standard InChI is InChI=1S/C20H24FN5O/c1-13(2)25-11-9-22-19(25)15-7-5-10-24(12-15)20(27)17-18(21)26-14(3)6-4-8-16(26)23-17/h4,6,8-9,11,13,15H,5,7,10,12H2,1-3H3/t15-/m1/s1. The zero-order valence-electron chi connectivity index (χ0n) is 15.9. The highest BCUT2D eigenvalue weighted by Crippen LogP contribution is 2.28.